The molecule has 1 saturated heterocycles. The molecule has 1 aliphatic heterocycles. The molecule has 1 aliphatic rings. The van der Waals surface area contributed by atoms with Crippen molar-refractivity contribution >= 4 is 31.9 Å². The number of carbonyl (C=O) groups is 1. The summed E-state index contributed by atoms with van der Waals surface area (Å²) in [5.74, 6) is 0.561. The summed E-state index contributed by atoms with van der Waals surface area (Å²) in [6.45, 7) is 3.22. The summed E-state index contributed by atoms with van der Waals surface area (Å²) in [4.78, 5) is 18.6. The fourth-order valence-electron chi connectivity index (χ4n) is 2.79. The van der Waals surface area contributed by atoms with Gasteiger partial charge in [0.25, 0.3) is 5.91 Å². The van der Waals surface area contributed by atoms with E-state index in [9.17, 15) is 13.2 Å². The maximum atomic E-state index is 12.7. The van der Waals surface area contributed by atoms with Crippen molar-refractivity contribution in [3.63, 3.8) is 0 Å². The summed E-state index contributed by atoms with van der Waals surface area (Å²) >= 11 is 3.42. The van der Waals surface area contributed by atoms with Gasteiger partial charge in [-0.15, -0.1) is 10.2 Å². The van der Waals surface area contributed by atoms with E-state index in [0.717, 1.165) is 0 Å². The Balaban J connectivity index is 1.68. The maximum absolute atomic E-state index is 12.7. The van der Waals surface area contributed by atoms with Crippen molar-refractivity contribution in [3.05, 3.63) is 35.0 Å². The molecule has 1 amide bonds. The van der Waals surface area contributed by atoms with Crippen LogP contribution in [0.2, 0.25) is 0 Å². The molecule has 0 atom stereocenters. The topological polar surface area (TPSA) is 101 Å². The van der Waals surface area contributed by atoms with Crippen LogP contribution >= 0.6 is 15.9 Å². The van der Waals surface area contributed by atoms with E-state index < -0.39 is 10.0 Å². The average molecular weight is 443 g/mol. The SMILES string of the molecule is CCCS(=O)(=O)N1CCN(C(=O)c2cnc(-n3cnnc3)c(Br)c2)CC1. The average Bonchev–Trinajstić information content (AvgIpc) is 3.15. The molecule has 3 rings (SSSR count). The molecule has 0 aliphatic carbocycles. The minimum Gasteiger partial charge on any atom is -0.336 e. The normalized spacial score (nSPS) is 16.0. The van der Waals surface area contributed by atoms with Crippen molar-refractivity contribution in [3.8, 4) is 5.82 Å². The number of amides is 1. The first-order valence-electron chi connectivity index (χ1n) is 8.20. The summed E-state index contributed by atoms with van der Waals surface area (Å²) in [6, 6.07) is 1.70. The molecule has 0 radical (unpaired) electrons. The van der Waals surface area contributed by atoms with Gasteiger partial charge in [-0.25, -0.2) is 13.4 Å². The summed E-state index contributed by atoms with van der Waals surface area (Å²) in [5, 5.41) is 7.47. The molecular formula is C15H19BrN6O3S. The Morgan fingerprint density at radius 2 is 1.85 bits per heavy atom. The second-order valence-corrected chi connectivity index (χ2v) is 8.85. The molecule has 1 fully saturated rings. The predicted molar refractivity (Wildman–Crippen MR) is 98.4 cm³/mol. The first kappa shape index (κ1) is 18.9. The van der Waals surface area contributed by atoms with E-state index in [0.29, 0.717) is 48.5 Å². The predicted octanol–water partition coefficient (Wildman–Crippen LogP) is 0.922. The number of carbonyl (C=O) groups excluding carboxylic acids is 1. The van der Waals surface area contributed by atoms with Gasteiger partial charge in [0, 0.05) is 32.4 Å². The summed E-state index contributed by atoms with van der Waals surface area (Å²) in [5.41, 5.74) is 0.443. The van der Waals surface area contributed by atoms with Crippen LogP contribution in [0.15, 0.2) is 29.4 Å². The summed E-state index contributed by atoms with van der Waals surface area (Å²) in [7, 11) is -3.22. The van der Waals surface area contributed by atoms with E-state index in [-0.39, 0.29) is 11.7 Å². The van der Waals surface area contributed by atoms with Crippen LogP contribution in [0, 0.1) is 0 Å². The van der Waals surface area contributed by atoms with Crippen molar-refractivity contribution in [2.24, 2.45) is 0 Å². The number of halogens is 1. The zero-order chi connectivity index (χ0) is 18.7. The van der Waals surface area contributed by atoms with E-state index in [1.807, 2.05) is 6.92 Å². The molecule has 3 heterocycles. The number of pyridine rings is 1. The Kier molecular flexibility index (Phi) is 5.68. The van der Waals surface area contributed by atoms with Gasteiger partial charge in [0.05, 0.1) is 15.8 Å². The fourth-order valence-corrected chi connectivity index (χ4v) is 4.83. The first-order chi connectivity index (χ1) is 12.4. The molecule has 0 N–H and O–H groups in total. The molecule has 26 heavy (non-hydrogen) atoms. The number of sulfonamides is 1. The van der Waals surface area contributed by atoms with Crippen LogP contribution in [0.4, 0.5) is 0 Å². The van der Waals surface area contributed by atoms with Crippen LogP contribution in [0.3, 0.4) is 0 Å². The lowest BCUT2D eigenvalue weighted by Gasteiger charge is -2.34. The van der Waals surface area contributed by atoms with Crippen LogP contribution in [0.5, 0.6) is 0 Å². The number of rotatable bonds is 5. The molecule has 140 valence electrons. The standard InChI is InChI=1S/C15H19BrN6O3S/c1-2-7-26(24,25)22-5-3-20(4-6-22)15(23)12-8-13(16)14(17-9-12)21-10-18-19-11-21/h8-11H,2-7H2,1H3. The van der Waals surface area contributed by atoms with Gasteiger partial charge in [0.2, 0.25) is 10.0 Å². The summed E-state index contributed by atoms with van der Waals surface area (Å²) < 4.78 is 28.0. The Labute approximate surface area is 160 Å². The molecule has 11 heteroatoms. The lowest BCUT2D eigenvalue weighted by molar-refractivity contribution is 0.0697. The highest BCUT2D eigenvalue weighted by Gasteiger charge is 2.28. The maximum Gasteiger partial charge on any atom is 0.255 e. The quantitative estimate of drug-likeness (QED) is 0.682. The van der Waals surface area contributed by atoms with Crippen molar-refractivity contribution < 1.29 is 13.2 Å². The third-order valence-electron chi connectivity index (χ3n) is 4.11. The molecule has 0 saturated carbocycles. The highest BCUT2D eigenvalue weighted by molar-refractivity contribution is 9.10. The second-order valence-electron chi connectivity index (χ2n) is 5.91. The van der Waals surface area contributed by atoms with Gasteiger partial charge in [-0.05, 0) is 28.4 Å². The van der Waals surface area contributed by atoms with Crippen LogP contribution in [-0.4, -0.2) is 75.2 Å². The largest absolute Gasteiger partial charge is 0.336 e. The number of hydrogen-bond donors (Lipinski definition) is 0. The Morgan fingerprint density at radius 1 is 1.19 bits per heavy atom. The number of hydrogen-bond acceptors (Lipinski definition) is 6. The van der Waals surface area contributed by atoms with Gasteiger partial charge in [-0.3, -0.25) is 9.36 Å². The zero-order valence-electron chi connectivity index (χ0n) is 14.2. The third-order valence-corrected chi connectivity index (χ3v) is 6.77. The van der Waals surface area contributed by atoms with Crippen LogP contribution in [-0.2, 0) is 10.0 Å². The Hall–Kier alpha value is -1.85. The van der Waals surface area contributed by atoms with Crippen LogP contribution < -0.4 is 0 Å². The van der Waals surface area contributed by atoms with Crippen molar-refractivity contribution in [1.29, 1.82) is 0 Å². The highest BCUT2D eigenvalue weighted by Crippen LogP contribution is 2.21. The Morgan fingerprint density at radius 3 is 2.42 bits per heavy atom. The zero-order valence-corrected chi connectivity index (χ0v) is 16.6. The lowest BCUT2D eigenvalue weighted by atomic mass is 10.2. The van der Waals surface area contributed by atoms with Gasteiger partial charge < -0.3 is 4.90 Å². The monoisotopic (exact) mass is 442 g/mol. The van der Waals surface area contributed by atoms with Crippen LogP contribution in [0.25, 0.3) is 5.82 Å². The number of aromatic nitrogens is 4. The van der Waals surface area contributed by atoms with E-state index >= 15 is 0 Å². The fraction of sp³-hybridized carbons (Fsp3) is 0.467. The molecular weight excluding hydrogens is 424 g/mol. The van der Waals surface area contributed by atoms with Crippen molar-refractivity contribution in [2.45, 2.75) is 13.3 Å². The van der Waals surface area contributed by atoms with Gasteiger partial charge in [0.1, 0.15) is 12.7 Å². The van der Waals surface area contributed by atoms with E-state index in [4.69, 9.17) is 0 Å². The van der Waals surface area contributed by atoms with E-state index in [1.165, 1.54) is 23.2 Å². The highest BCUT2D eigenvalue weighted by atomic mass is 79.9. The number of nitrogens with zero attached hydrogens (tertiary/aromatic N) is 6. The van der Waals surface area contributed by atoms with Gasteiger partial charge in [-0.2, -0.15) is 4.31 Å². The van der Waals surface area contributed by atoms with Crippen molar-refractivity contribution in [1.82, 2.24) is 29.0 Å². The van der Waals surface area contributed by atoms with Crippen LogP contribution in [0.1, 0.15) is 23.7 Å². The summed E-state index contributed by atoms with van der Waals surface area (Å²) in [6.07, 6.45) is 5.12. The molecule has 2 aromatic heterocycles. The molecule has 0 unspecified atom stereocenters. The van der Waals surface area contributed by atoms with Gasteiger partial charge >= 0.3 is 0 Å². The van der Waals surface area contributed by atoms with E-state index in [1.54, 1.807) is 15.5 Å². The first-order valence-corrected chi connectivity index (χ1v) is 10.6. The minimum atomic E-state index is -3.22. The second kappa shape index (κ2) is 7.80. The lowest BCUT2D eigenvalue weighted by Crippen LogP contribution is -2.51. The molecule has 0 aromatic carbocycles. The van der Waals surface area contributed by atoms with Gasteiger partial charge in [0.15, 0.2) is 5.82 Å². The van der Waals surface area contributed by atoms with Crippen molar-refractivity contribution in [2.75, 3.05) is 31.9 Å². The van der Waals surface area contributed by atoms with E-state index in [2.05, 4.69) is 31.1 Å². The molecule has 9 nitrogen and oxygen atoms in total. The molecule has 0 spiro atoms. The third kappa shape index (κ3) is 3.94. The smallest absolute Gasteiger partial charge is 0.255 e. The molecule has 0 bridgehead atoms. The minimum absolute atomic E-state index is 0.141. The number of piperazine rings is 1. The Bertz CT molecular complexity index is 879. The van der Waals surface area contributed by atoms with Gasteiger partial charge in [-0.1, -0.05) is 6.92 Å². The molecule has 2 aromatic rings.